The molecule has 2 aromatic heterocycles. The van der Waals surface area contributed by atoms with Gasteiger partial charge in [-0.15, -0.1) is 0 Å². The number of hydrogen-bond donors (Lipinski definition) is 2. The van der Waals surface area contributed by atoms with Crippen LogP contribution in [0.25, 0.3) is 11.0 Å². The molecule has 0 bridgehead atoms. The van der Waals surface area contributed by atoms with Gasteiger partial charge in [-0.3, -0.25) is 14.4 Å². The van der Waals surface area contributed by atoms with Crippen LogP contribution < -0.4 is 16.1 Å². The van der Waals surface area contributed by atoms with Crippen LogP contribution in [0.4, 0.5) is 10.1 Å². The average Bonchev–Trinajstić information content (AvgIpc) is 2.76. The zero-order chi connectivity index (χ0) is 22.7. The lowest BCUT2D eigenvalue weighted by molar-refractivity contribution is -0.122. The zero-order valence-electron chi connectivity index (χ0n) is 17.9. The lowest BCUT2D eigenvalue weighted by Gasteiger charge is -2.23. The molecular weight excluding hydrogens is 411 g/mol. The molecule has 8 heteroatoms. The lowest BCUT2D eigenvalue weighted by atomic mass is 9.95. The molecule has 2 amide bonds. The van der Waals surface area contributed by atoms with Gasteiger partial charge in [0.1, 0.15) is 23.6 Å². The molecule has 1 aromatic carbocycles. The largest absolute Gasteiger partial charge is 0.352 e. The van der Waals surface area contributed by atoms with Crippen molar-refractivity contribution in [3.8, 4) is 0 Å². The summed E-state index contributed by atoms with van der Waals surface area (Å²) in [6.45, 7) is 1.73. The maximum atomic E-state index is 13.5. The summed E-state index contributed by atoms with van der Waals surface area (Å²) in [5.41, 5.74) is 0.632. The number of anilines is 1. The van der Waals surface area contributed by atoms with Crippen molar-refractivity contribution in [2.75, 3.05) is 5.32 Å². The predicted octanol–water partition coefficient (Wildman–Crippen LogP) is 3.55. The molecule has 2 heterocycles. The van der Waals surface area contributed by atoms with E-state index in [1.807, 2.05) is 0 Å². The third-order valence-electron chi connectivity index (χ3n) is 5.67. The Labute approximate surface area is 184 Å². The summed E-state index contributed by atoms with van der Waals surface area (Å²) in [5.74, 6) is -1.37. The first kappa shape index (κ1) is 21.7. The van der Waals surface area contributed by atoms with E-state index in [2.05, 4.69) is 15.6 Å². The molecule has 0 spiro atoms. The third-order valence-corrected chi connectivity index (χ3v) is 5.67. The van der Waals surface area contributed by atoms with Crippen LogP contribution in [0.5, 0.6) is 0 Å². The van der Waals surface area contributed by atoms with Crippen molar-refractivity contribution in [1.82, 2.24) is 14.9 Å². The van der Waals surface area contributed by atoms with Crippen molar-refractivity contribution >= 4 is 28.5 Å². The van der Waals surface area contributed by atoms with Gasteiger partial charge in [0.15, 0.2) is 0 Å². The monoisotopic (exact) mass is 436 g/mol. The van der Waals surface area contributed by atoms with Gasteiger partial charge in [0.25, 0.3) is 5.91 Å². The van der Waals surface area contributed by atoms with Crippen molar-refractivity contribution < 1.29 is 14.0 Å². The van der Waals surface area contributed by atoms with E-state index in [0.29, 0.717) is 11.3 Å². The van der Waals surface area contributed by atoms with Crippen LogP contribution in [0.15, 0.2) is 47.4 Å². The number of nitrogens with zero attached hydrogens (tertiary/aromatic N) is 2. The van der Waals surface area contributed by atoms with Gasteiger partial charge in [0.05, 0.1) is 5.39 Å². The number of carbonyl (C=O) groups excluding carboxylic acids is 2. The molecule has 0 saturated heterocycles. The molecule has 7 nitrogen and oxygen atoms in total. The van der Waals surface area contributed by atoms with E-state index in [-0.39, 0.29) is 35.1 Å². The fourth-order valence-electron chi connectivity index (χ4n) is 4.08. The van der Waals surface area contributed by atoms with Crippen LogP contribution in [-0.2, 0) is 11.3 Å². The molecule has 0 unspecified atom stereocenters. The average molecular weight is 436 g/mol. The van der Waals surface area contributed by atoms with E-state index < -0.39 is 17.2 Å². The highest BCUT2D eigenvalue weighted by Gasteiger charge is 2.20. The number of benzene rings is 1. The molecule has 3 aromatic rings. The standard InChI is InChI=1S/C24H25FN4O3/c1-15-10-11-19-22(31)20(24(32)28-18-9-5-6-16(25)12-18)13-29(23(19)26-15)14-21(30)27-17-7-3-2-4-8-17/h5-6,9-13,17H,2-4,7-8,14H2,1H3,(H,27,30)(H,28,32). The summed E-state index contributed by atoms with van der Waals surface area (Å²) in [6.07, 6.45) is 6.63. The molecule has 1 fully saturated rings. The van der Waals surface area contributed by atoms with Crippen molar-refractivity contribution in [2.45, 2.75) is 51.6 Å². The molecule has 1 saturated carbocycles. The number of pyridine rings is 2. The van der Waals surface area contributed by atoms with Gasteiger partial charge in [0, 0.05) is 23.6 Å². The quantitative estimate of drug-likeness (QED) is 0.640. The van der Waals surface area contributed by atoms with Gasteiger partial charge >= 0.3 is 0 Å². The van der Waals surface area contributed by atoms with Crippen molar-refractivity contribution in [1.29, 1.82) is 0 Å². The van der Waals surface area contributed by atoms with Crippen LogP contribution in [0.2, 0.25) is 0 Å². The second kappa shape index (κ2) is 9.30. The SMILES string of the molecule is Cc1ccc2c(=O)c(C(=O)Nc3cccc(F)c3)cn(CC(=O)NC3CCCCC3)c2n1. The van der Waals surface area contributed by atoms with Crippen LogP contribution in [0.3, 0.4) is 0 Å². The number of fused-ring (bicyclic) bond motifs is 1. The lowest BCUT2D eigenvalue weighted by Crippen LogP contribution is -2.38. The Bertz CT molecular complexity index is 1230. The number of carbonyl (C=O) groups is 2. The smallest absolute Gasteiger partial charge is 0.261 e. The topological polar surface area (TPSA) is 93.1 Å². The van der Waals surface area contributed by atoms with Crippen molar-refractivity contribution in [3.05, 3.63) is 69.9 Å². The molecular formula is C24H25FN4O3. The predicted molar refractivity (Wildman–Crippen MR) is 120 cm³/mol. The maximum absolute atomic E-state index is 13.5. The Morgan fingerprint density at radius 2 is 1.94 bits per heavy atom. The highest BCUT2D eigenvalue weighted by Crippen LogP contribution is 2.18. The molecule has 0 atom stereocenters. The summed E-state index contributed by atoms with van der Waals surface area (Å²) in [4.78, 5) is 43.0. The third kappa shape index (κ3) is 4.85. The molecule has 166 valence electrons. The Hall–Kier alpha value is -3.55. The second-order valence-electron chi connectivity index (χ2n) is 8.19. The number of aryl methyl sites for hydroxylation is 1. The number of hydrogen-bond acceptors (Lipinski definition) is 4. The zero-order valence-corrected chi connectivity index (χ0v) is 17.9. The number of halogens is 1. The Morgan fingerprint density at radius 1 is 1.16 bits per heavy atom. The fraction of sp³-hybridized carbons (Fsp3) is 0.333. The highest BCUT2D eigenvalue weighted by atomic mass is 19.1. The number of nitrogens with one attached hydrogen (secondary N) is 2. The molecule has 1 aliphatic carbocycles. The van der Waals surface area contributed by atoms with Crippen molar-refractivity contribution in [3.63, 3.8) is 0 Å². The van der Waals surface area contributed by atoms with Crippen LogP contribution in [0.1, 0.15) is 48.2 Å². The summed E-state index contributed by atoms with van der Waals surface area (Å²) in [6, 6.07) is 8.86. The Morgan fingerprint density at radius 3 is 2.69 bits per heavy atom. The first-order valence-electron chi connectivity index (χ1n) is 10.8. The number of aromatic nitrogens is 2. The maximum Gasteiger partial charge on any atom is 0.261 e. The minimum atomic E-state index is -0.676. The van der Waals surface area contributed by atoms with E-state index in [9.17, 15) is 18.8 Å². The van der Waals surface area contributed by atoms with E-state index in [0.717, 1.165) is 25.7 Å². The van der Waals surface area contributed by atoms with Crippen LogP contribution in [0, 0.1) is 12.7 Å². The molecule has 4 rings (SSSR count). The summed E-state index contributed by atoms with van der Waals surface area (Å²) in [7, 11) is 0. The van der Waals surface area contributed by atoms with Crippen LogP contribution >= 0.6 is 0 Å². The van der Waals surface area contributed by atoms with Gasteiger partial charge in [-0.25, -0.2) is 9.37 Å². The molecule has 32 heavy (non-hydrogen) atoms. The normalized spacial score (nSPS) is 14.3. The van der Waals surface area contributed by atoms with Crippen molar-refractivity contribution in [2.24, 2.45) is 0 Å². The number of amides is 2. The van der Waals surface area contributed by atoms with Gasteiger partial charge in [-0.05, 0) is 50.1 Å². The number of rotatable bonds is 5. The van der Waals surface area contributed by atoms with E-state index >= 15 is 0 Å². The van der Waals surface area contributed by atoms with Gasteiger partial charge in [0.2, 0.25) is 11.3 Å². The highest BCUT2D eigenvalue weighted by molar-refractivity contribution is 6.05. The molecule has 0 aliphatic heterocycles. The van der Waals surface area contributed by atoms with Gasteiger partial charge in [-0.1, -0.05) is 25.3 Å². The van der Waals surface area contributed by atoms with E-state index in [4.69, 9.17) is 0 Å². The second-order valence-corrected chi connectivity index (χ2v) is 8.19. The van der Waals surface area contributed by atoms with E-state index in [1.165, 1.54) is 41.5 Å². The Balaban J connectivity index is 1.67. The van der Waals surface area contributed by atoms with Crippen LogP contribution in [-0.4, -0.2) is 27.4 Å². The fourth-order valence-corrected chi connectivity index (χ4v) is 4.08. The minimum Gasteiger partial charge on any atom is -0.352 e. The first-order valence-corrected chi connectivity index (χ1v) is 10.8. The minimum absolute atomic E-state index is 0.0655. The first-order chi connectivity index (χ1) is 15.4. The molecule has 0 radical (unpaired) electrons. The summed E-state index contributed by atoms with van der Waals surface area (Å²) < 4.78 is 15.0. The molecule has 1 aliphatic rings. The van der Waals surface area contributed by atoms with Gasteiger partial charge < -0.3 is 15.2 Å². The summed E-state index contributed by atoms with van der Waals surface area (Å²) >= 11 is 0. The Kier molecular flexibility index (Phi) is 6.30. The molecule has 2 N–H and O–H groups in total. The van der Waals surface area contributed by atoms with E-state index in [1.54, 1.807) is 19.1 Å². The van der Waals surface area contributed by atoms with Gasteiger partial charge in [-0.2, -0.15) is 0 Å². The summed E-state index contributed by atoms with van der Waals surface area (Å²) in [5, 5.41) is 5.84.